The number of rotatable bonds is 11. The summed E-state index contributed by atoms with van der Waals surface area (Å²) in [6, 6.07) is 27.2. The van der Waals surface area contributed by atoms with E-state index in [4.69, 9.17) is 141 Å². The number of aryl methyl sites for hydroxylation is 2. The van der Waals surface area contributed by atoms with Gasteiger partial charge in [-0.05, 0) is 109 Å². The number of ether oxygens (including phenoxy) is 3. The third-order valence-corrected chi connectivity index (χ3v) is 10.6. The Labute approximate surface area is 514 Å². The number of carbonyl (C=O) groups is 4. The number of benzene rings is 3. The zero-order chi connectivity index (χ0) is 56.4. The predicted molar refractivity (Wildman–Crippen MR) is 303 cm³/mol. The maximum Gasteiger partial charge on any atom is 1.00 e. The second kappa shape index (κ2) is 42.2. The van der Waals surface area contributed by atoms with Gasteiger partial charge in [0.25, 0.3) is 12.8 Å². The number of aromatic nitrogens is 5. The van der Waals surface area contributed by atoms with Crippen molar-refractivity contribution in [2.75, 3.05) is 25.2 Å². The van der Waals surface area contributed by atoms with Crippen molar-refractivity contribution in [3.05, 3.63) is 178 Å². The summed E-state index contributed by atoms with van der Waals surface area (Å²) in [5.41, 5.74) is 6.63. The molecule has 0 saturated carbocycles. The molecule has 0 saturated heterocycles. The summed E-state index contributed by atoms with van der Waals surface area (Å²) in [6.07, 6.45) is 11.5. The van der Waals surface area contributed by atoms with Crippen LogP contribution < -0.4 is 40.8 Å². The van der Waals surface area contributed by atoms with Crippen molar-refractivity contribution in [2.45, 2.75) is 56.1 Å². The number of anilines is 1. The van der Waals surface area contributed by atoms with Gasteiger partial charge in [-0.3, -0.25) is 20.4 Å². The molecule has 6 aromatic rings. The number of carbonyl (C=O) groups excluding carboxylic acids is 3. The molecule has 16 nitrogen and oxygen atoms in total. The molecular weight excluding hydrogens is 1210 g/mol. The summed E-state index contributed by atoms with van der Waals surface area (Å²) in [4.78, 5) is 47.7. The normalized spacial score (nSPS) is 10.2. The van der Waals surface area contributed by atoms with E-state index in [1.165, 1.54) is 28.7 Å². The Morgan fingerprint density at radius 1 is 0.684 bits per heavy atom. The molecule has 0 bridgehead atoms. The number of esters is 1. The fourth-order valence-electron chi connectivity index (χ4n) is 4.75. The standard InChI is InChI=1S/C13H13ClN2O2.C11H9ClN2O2.C7H9Cl3O2.C6H7ClN2.C5H5N.C5H10O.C2Cl4O.Na.H2O/c1-3-18-13(17)12-9(2)8-15-16(12)11-7-5-4-6-10(11)14;1-7-6-13-14(10(7)11(15)16)9-5-3-2-4-8(9)12;1-3-12-4-5(2)6(11)7(8,9)10;7-5-3-1-2-4-6(5)9-8;1-2-4-6-5-3-1;1-3-5-6-4-2;3-1(7)2(4,5)6;;/h4-8H,3H2,1-2H3;2-6H,1H3,(H,15,16);4H,3H2,1-2H3;1-4,9H,8H2;1-5H;3,5H,4H2,1-2H3;;;1H2/q;;;;;;;+1;/p-1/b;;5-4+;;;5-3+;;;. The molecule has 5 N–H and O–H groups in total. The summed E-state index contributed by atoms with van der Waals surface area (Å²) in [6.45, 7) is 14.1. The minimum Gasteiger partial charge on any atom is -0.870 e. The van der Waals surface area contributed by atoms with Crippen LogP contribution in [0.1, 0.15) is 66.7 Å². The number of nitrogen functional groups attached to an aromatic ring is 1. The minimum atomic E-state index is -1.96. The van der Waals surface area contributed by atoms with E-state index in [9.17, 15) is 19.2 Å². The van der Waals surface area contributed by atoms with Crippen LogP contribution in [0, 0.1) is 13.8 Å². The van der Waals surface area contributed by atoms with Gasteiger partial charge in [0.05, 0.1) is 76.9 Å². The smallest absolute Gasteiger partial charge is 0.870 e. The Bertz CT molecular complexity index is 2660. The SMILES string of the molecule is C/C=C/OCC.CCO/C=C(\C)C(=O)C(Cl)(Cl)Cl.CCOC(=O)c1c(C)cnn1-c1ccccc1Cl.Cc1cnn(-c2ccccc2Cl)c1C(=O)O.NNc1ccccc1Cl.O=C(Cl)C(Cl)(Cl)Cl.[Na+].[OH-].c1ccncc1. The molecule has 410 valence electrons. The number of ketones is 1. The van der Waals surface area contributed by atoms with Crippen LogP contribution in [0.2, 0.25) is 15.1 Å². The molecule has 3 heterocycles. The molecule has 3 aromatic carbocycles. The first-order valence-electron chi connectivity index (χ1n) is 21.3. The third-order valence-electron chi connectivity index (χ3n) is 8.00. The summed E-state index contributed by atoms with van der Waals surface area (Å²) in [5, 5.41) is 17.9. The quantitative estimate of drug-likeness (QED) is 0.0160. The third kappa shape index (κ3) is 30.4. The van der Waals surface area contributed by atoms with Gasteiger partial charge in [-0.1, -0.05) is 153 Å². The number of pyridine rings is 1. The number of hydrogen-bond acceptors (Lipinski definition) is 13. The molecule has 0 fully saturated rings. The molecule has 0 aliphatic heterocycles. The van der Waals surface area contributed by atoms with Crippen LogP contribution in [0.15, 0.2) is 140 Å². The number of Topliss-reactive ketones (excluding diaryl/α,β-unsaturated/α-hetero) is 1. The van der Waals surface area contributed by atoms with Gasteiger partial charge in [0, 0.05) is 29.1 Å². The molecule has 0 atom stereocenters. The van der Waals surface area contributed by atoms with Crippen molar-refractivity contribution < 1.29 is 73.5 Å². The van der Waals surface area contributed by atoms with Crippen molar-refractivity contribution in [3.63, 3.8) is 0 Å². The van der Waals surface area contributed by atoms with Crippen LogP contribution in [0.5, 0.6) is 0 Å². The topological polar surface area (TPSA) is 233 Å². The molecule has 0 radical (unpaired) electrons. The zero-order valence-electron chi connectivity index (χ0n) is 42.2. The molecule has 76 heavy (non-hydrogen) atoms. The second-order valence-corrected chi connectivity index (χ2v) is 19.7. The number of alkyl halides is 6. The molecule has 0 spiro atoms. The van der Waals surface area contributed by atoms with E-state index >= 15 is 0 Å². The van der Waals surface area contributed by atoms with E-state index < -0.39 is 30.5 Å². The van der Waals surface area contributed by atoms with Crippen molar-refractivity contribution in [3.8, 4) is 11.4 Å². The van der Waals surface area contributed by atoms with E-state index in [1.807, 2.05) is 75.4 Å². The monoisotopic (exact) mass is 1260 g/mol. The molecule has 0 aliphatic rings. The van der Waals surface area contributed by atoms with Crippen LogP contribution >= 0.6 is 116 Å². The Balaban J connectivity index is -0.000000848. The first kappa shape index (κ1) is 76.4. The van der Waals surface area contributed by atoms with Crippen molar-refractivity contribution in [1.29, 1.82) is 0 Å². The van der Waals surface area contributed by atoms with Gasteiger partial charge < -0.3 is 30.2 Å². The van der Waals surface area contributed by atoms with Gasteiger partial charge in [0.2, 0.25) is 5.78 Å². The molecule has 3 aromatic heterocycles. The second-order valence-electron chi connectivity index (χ2n) is 13.5. The Morgan fingerprint density at radius 2 is 1.12 bits per heavy atom. The minimum absolute atomic E-state index is 0. The molecule has 0 amide bonds. The van der Waals surface area contributed by atoms with Crippen LogP contribution in [-0.2, 0) is 23.8 Å². The number of allylic oxidation sites excluding steroid dienone is 2. The first-order valence-corrected chi connectivity index (χ1v) is 25.1. The fraction of sp³-hybridized carbons (Fsp3) is 0.245. The summed E-state index contributed by atoms with van der Waals surface area (Å²) in [7, 11) is 0. The number of hydrogen-bond donors (Lipinski definition) is 3. The fourth-order valence-corrected chi connectivity index (χ4v) is 5.82. The number of hydrazine groups is 1. The van der Waals surface area contributed by atoms with E-state index in [1.54, 1.807) is 88.1 Å². The summed E-state index contributed by atoms with van der Waals surface area (Å²) >= 11 is 53.3. The number of nitrogens with zero attached hydrogens (tertiary/aromatic N) is 5. The molecule has 0 aliphatic carbocycles. The van der Waals surface area contributed by atoms with Gasteiger partial charge in [0.1, 0.15) is 0 Å². The first-order chi connectivity index (χ1) is 34.8. The van der Waals surface area contributed by atoms with Gasteiger partial charge in [-0.2, -0.15) is 10.2 Å². The Morgan fingerprint density at radius 3 is 1.43 bits per heavy atom. The van der Waals surface area contributed by atoms with Crippen LogP contribution in [0.25, 0.3) is 11.4 Å². The number of nitrogens with two attached hydrogens (primary N) is 1. The number of para-hydroxylation sites is 3. The van der Waals surface area contributed by atoms with Crippen molar-refractivity contribution in [1.82, 2.24) is 24.5 Å². The van der Waals surface area contributed by atoms with Crippen LogP contribution in [0.4, 0.5) is 5.69 Å². The average Bonchev–Trinajstić information content (AvgIpc) is 3.95. The average molecular weight is 1260 g/mol. The van der Waals surface area contributed by atoms with Crippen molar-refractivity contribution >= 4 is 145 Å². The van der Waals surface area contributed by atoms with Gasteiger partial charge in [-0.15, -0.1) is 0 Å². The maximum absolute atomic E-state index is 11.9. The number of halogens is 10. The molecule has 27 heteroatoms. The van der Waals surface area contributed by atoms with Crippen LogP contribution in [0.3, 0.4) is 0 Å². The largest absolute Gasteiger partial charge is 1.00 e. The number of carboxylic acids is 1. The predicted octanol–water partition coefficient (Wildman–Crippen LogP) is 11.6. The van der Waals surface area contributed by atoms with Crippen molar-refractivity contribution in [2.24, 2.45) is 5.84 Å². The molecular formula is C49H54Cl10N7NaO9. The molecule has 0 unspecified atom stereocenters. The number of nitrogens with one attached hydrogen (secondary N) is 1. The van der Waals surface area contributed by atoms with E-state index in [0.717, 1.165) is 17.9 Å². The molecule has 6 rings (SSSR count). The van der Waals surface area contributed by atoms with Gasteiger partial charge in [0.15, 0.2) is 11.4 Å². The van der Waals surface area contributed by atoms with E-state index in [0.29, 0.717) is 50.9 Å². The summed E-state index contributed by atoms with van der Waals surface area (Å²) < 4.78 is 13.7. The number of carboxylic acid groups (broad SMARTS) is 1. The van der Waals surface area contributed by atoms with Gasteiger partial charge in [-0.25, -0.2) is 19.0 Å². The van der Waals surface area contributed by atoms with Crippen LogP contribution in [-0.4, -0.2) is 85.5 Å². The Kier molecular flexibility index (Phi) is 42.4. The van der Waals surface area contributed by atoms with Gasteiger partial charge >= 0.3 is 41.5 Å². The zero-order valence-corrected chi connectivity index (χ0v) is 51.7. The Hall–Kier alpha value is -3.79. The van der Waals surface area contributed by atoms with E-state index in [2.05, 4.69) is 20.6 Å². The summed E-state index contributed by atoms with van der Waals surface area (Å²) in [5.74, 6) is 3.13. The number of aromatic carboxylic acids is 1. The van der Waals surface area contributed by atoms with E-state index in [-0.39, 0.29) is 46.3 Å². The maximum atomic E-state index is 11.9.